The average Bonchev–Trinajstić information content (AvgIpc) is 3.27. The lowest BCUT2D eigenvalue weighted by Gasteiger charge is -2.17. The fraction of sp³-hybridized carbons (Fsp3) is 0.316. The van der Waals surface area contributed by atoms with Crippen molar-refractivity contribution in [1.82, 2.24) is 9.80 Å². The Morgan fingerprint density at radius 3 is 2.81 bits per heavy atom. The van der Waals surface area contributed by atoms with Crippen molar-refractivity contribution in [1.29, 1.82) is 0 Å². The van der Waals surface area contributed by atoms with E-state index in [1.54, 1.807) is 25.2 Å². The highest BCUT2D eigenvalue weighted by atomic mass is 16.3. The number of nitrogens with one attached hydrogen (secondary N) is 1. The second kappa shape index (κ2) is 7.86. The van der Waals surface area contributed by atoms with Crippen LogP contribution in [0.5, 0.6) is 0 Å². The molecule has 0 spiro atoms. The maximum Gasteiger partial charge on any atom is 0.289 e. The number of likely N-dealkylation sites (N-methyl/N-ethyl adjacent to an activating group) is 1. The van der Waals surface area contributed by atoms with Gasteiger partial charge in [0, 0.05) is 32.2 Å². The largest absolute Gasteiger partial charge is 0.459 e. The van der Waals surface area contributed by atoms with Crippen LogP contribution in [-0.4, -0.2) is 47.7 Å². The van der Waals surface area contributed by atoms with Gasteiger partial charge in [-0.2, -0.15) is 0 Å². The summed E-state index contributed by atoms with van der Waals surface area (Å²) >= 11 is 0. The lowest BCUT2D eigenvalue weighted by Crippen LogP contribution is -2.34. The molecule has 7 heteroatoms. The van der Waals surface area contributed by atoms with E-state index in [0.717, 1.165) is 18.5 Å². The normalized spacial score (nSPS) is 13.7. The van der Waals surface area contributed by atoms with Crippen molar-refractivity contribution in [3.05, 3.63) is 54.0 Å². The molecule has 1 fully saturated rings. The molecule has 136 valence electrons. The predicted octanol–water partition coefficient (Wildman–Crippen LogP) is 2.11. The number of likely N-dealkylation sites (tertiary alicyclic amines) is 1. The van der Waals surface area contributed by atoms with Gasteiger partial charge in [0.05, 0.1) is 12.8 Å². The van der Waals surface area contributed by atoms with Gasteiger partial charge in [0.15, 0.2) is 5.76 Å². The van der Waals surface area contributed by atoms with Gasteiger partial charge in [0.1, 0.15) is 0 Å². The zero-order valence-corrected chi connectivity index (χ0v) is 14.6. The van der Waals surface area contributed by atoms with Crippen LogP contribution in [0, 0.1) is 0 Å². The molecule has 1 saturated heterocycles. The van der Waals surface area contributed by atoms with E-state index >= 15 is 0 Å². The van der Waals surface area contributed by atoms with Gasteiger partial charge in [-0.25, -0.2) is 0 Å². The number of furan rings is 1. The Hall–Kier alpha value is -3.09. The van der Waals surface area contributed by atoms with E-state index in [0.29, 0.717) is 18.7 Å². The van der Waals surface area contributed by atoms with E-state index in [1.165, 1.54) is 11.2 Å². The van der Waals surface area contributed by atoms with Crippen molar-refractivity contribution in [2.24, 2.45) is 0 Å². The van der Waals surface area contributed by atoms with Crippen LogP contribution in [-0.2, 0) is 16.1 Å². The summed E-state index contributed by atoms with van der Waals surface area (Å²) in [6, 6.07) is 10.6. The summed E-state index contributed by atoms with van der Waals surface area (Å²) < 4.78 is 5.05. The molecule has 1 aromatic carbocycles. The lowest BCUT2D eigenvalue weighted by atomic mass is 10.2. The van der Waals surface area contributed by atoms with Crippen LogP contribution in [0.1, 0.15) is 29.0 Å². The number of hydrogen-bond acceptors (Lipinski definition) is 4. The summed E-state index contributed by atoms with van der Waals surface area (Å²) in [6.07, 6.45) is 2.91. The summed E-state index contributed by atoms with van der Waals surface area (Å²) in [5, 5.41) is 2.78. The number of benzene rings is 1. The first-order valence-corrected chi connectivity index (χ1v) is 8.48. The molecule has 26 heavy (non-hydrogen) atoms. The SMILES string of the molecule is CN(CC(=O)Nc1cccc(CN2CCCC2=O)c1)C(=O)c1ccco1. The quantitative estimate of drug-likeness (QED) is 0.860. The van der Waals surface area contributed by atoms with Gasteiger partial charge in [0.2, 0.25) is 11.8 Å². The highest BCUT2D eigenvalue weighted by Crippen LogP contribution is 2.17. The highest BCUT2D eigenvalue weighted by Gasteiger charge is 2.20. The third-order valence-electron chi connectivity index (χ3n) is 4.21. The number of anilines is 1. The molecule has 1 aliphatic rings. The van der Waals surface area contributed by atoms with Crippen LogP contribution in [0.25, 0.3) is 0 Å². The number of rotatable bonds is 6. The van der Waals surface area contributed by atoms with Crippen LogP contribution in [0.2, 0.25) is 0 Å². The minimum Gasteiger partial charge on any atom is -0.459 e. The Bertz CT molecular complexity index is 801. The van der Waals surface area contributed by atoms with Crippen LogP contribution in [0.15, 0.2) is 47.1 Å². The Kier molecular flexibility index (Phi) is 5.36. The van der Waals surface area contributed by atoms with Gasteiger partial charge in [0.25, 0.3) is 5.91 Å². The third kappa shape index (κ3) is 4.30. The molecule has 7 nitrogen and oxygen atoms in total. The van der Waals surface area contributed by atoms with Gasteiger partial charge in [-0.1, -0.05) is 12.1 Å². The van der Waals surface area contributed by atoms with Crippen LogP contribution in [0.4, 0.5) is 5.69 Å². The molecule has 0 saturated carbocycles. The summed E-state index contributed by atoms with van der Waals surface area (Å²) in [4.78, 5) is 39.1. The van der Waals surface area contributed by atoms with Crippen molar-refractivity contribution in [3.8, 4) is 0 Å². The predicted molar refractivity (Wildman–Crippen MR) is 95.4 cm³/mol. The maximum absolute atomic E-state index is 12.2. The molecule has 3 rings (SSSR count). The Morgan fingerprint density at radius 2 is 2.12 bits per heavy atom. The van der Waals surface area contributed by atoms with Crippen molar-refractivity contribution in [2.45, 2.75) is 19.4 Å². The zero-order chi connectivity index (χ0) is 18.5. The minimum atomic E-state index is -0.355. The van der Waals surface area contributed by atoms with Crippen LogP contribution < -0.4 is 5.32 Å². The summed E-state index contributed by atoms with van der Waals surface area (Å²) in [7, 11) is 1.54. The monoisotopic (exact) mass is 355 g/mol. The zero-order valence-electron chi connectivity index (χ0n) is 14.6. The van der Waals surface area contributed by atoms with E-state index in [1.807, 2.05) is 23.1 Å². The first-order chi connectivity index (χ1) is 12.5. The van der Waals surface area contributed by atoms with E-state index < -0.39 is 0 Å². The molecule has 0 atom stereocenters. The fourth-order valence-electron chi connectivity index (χ4n) is 2.92. The first-order valence-electron chi connectivity index (χ1n) is 8.48. The average molecular weight is 355 g/mol. The number of carbonyl (C=O) groups is 3. The third-order valence-corrected chi connectivity index (χ3v) is 4.21. The number of amides is 3. The number of hydrogen-bond donors (Lipinski definition) is 1. The Morgan fingerprint density at radius 1 is 1.27 bits per heavy atom. The molecule has 1 aliphatic heterocycles. The van der Waals surface area contributed by atoms with Gasteiger partial charge in [-0.05, 0) is 36.2 Å². The van der Waals surface area contributed by atoms with E-state index in [-0.39, 0.29) is 30.0 Å². The summed E-state index contributed by atoms with van der Waals surface area (Å²) in [5.74, 6) is -0.302. The minimum absolute atomic E-state index is 0.0889. The molecule has 0 radical (unpaired) electrons. The van der Waals surface area contributed by atoms with Crippen molar-refractivity contribution >= 4 is 23.4 Å². The van der Waals surface area contributed by atoms with Gasteiger partial charge in [-0.3, -0.25) is 14.4 Å². The topological polar surface area (TPSA) is 82.9 Å². The second-order valence-corrected chi connectivity index (χ2v) is 6.31. The van der Waals surface area contributed by atoms with E-state index in [4.69, 9.17) is 4.42 Å². The van der Waals surface area contributed by atoms with Gasteiger partial charge in [-0.15, -0.1) is 0 Å². The molecular weight excluding hydrogens is 334 g/mol. The smallest absolute Gasteiger partial charge is 0.289 e. The molecule has 0 unspecified atom stereocenters. The maximum atomic E-state index is 12.2. The van der Waals surface area contributed by atoms with Crippen LogP contribution >= 0.6 is 0 Å². The molecule has 3 amide bonds. The van der Waals surface area contributed by atoms with Gasteiger partial charge >= 0.3 is 0 Å². The van der Waals surface area contributed by atoms with E-state index in [2.05, 4.69) is 5.32 Å². The number of nitrogens with zero attached hydrogens (tertiary/aromatic N) is 2. The molecule has 0 bridgehead atoms. The summed E-state index contributed by atoms with van der Waals surface area (Å²) in [6.45, 7) is 1.23. The Labute approximate surface area is 151 Å². The molecule has 0 aliphatic carbocycles. The van der Waals surface area contributed by atoms with Gasteiger partial charge < -0.3 is 19.5 Å². The standard InChI is InChI=1S/C19H21N3O4/c1-21(19(25)16-7-4-10-26-16)13-17(23)20-15-6-2-5-14(11-15)12-22-9-3-8-18(22)24/h2,4-7,10-11H,3,8-9,12-13H2,1H3,(H,20,23). The van der Waals surface area contributed by atoms with Crippen molar-refractivity contribution < 1.29 is 18.8 Å². The van der Waals surface area contributed by atoms with E-state index in [9.17, 15) is 14.4 Å². The molecule has 2 aromatic rings. The molecule has 1 aromatic heterocycles. The number of carbonyl (C=O) groups excluding carboxylic acids is 3. The Balaban J connectivity index is 1.56. The van der Waals surface area contributed by atoms with Crippen molar-refractivity contribution in [2.75, 3.05) is 25.5 Å². The molecule has 1 N–H and O–H groups in total. The fourth-order valence-corrected chi connectivity index (χ4v) is 2.92. The lowest BCUT2D eigenvalue weighted by molar-refractivity contribution is -0.128. The van der Waals surface area contributed by atoms with Crippen LogP contribution in [0.3, 0.4) is 0 Å². The highest BCUT2D eigenvalue weighted by molar-refractivity contribution is 5.97. The molecular formula is C19H21N3O4. The molecule has 2 heterocycles. The second-order valence-electron chi connectivity index (χ2n) is 6.31. The summed E-state index contributed by atoms with van der Waals surface area (Å²) in [5.41, 5.74) is 1.59. The van der Waals surface area contributed by atoms with Crippen molar-refractivity contribution in [3.63, 3.8) is 0 Å². The first kappa shape index (κ1) is 17.7.